The van der Waals surface area contributed by atoms with Crippen molar-refractivity contribution in [2.75, 3.05) is 51.7 Å². The molecule has 0 atom stereocenters. The number of hydrogen-bond donors (Lipinski definition) is 2. The molecule has 3 amide bonds. The molecule has 0 radical (unpaired) electrons. The van der Waals surface area contributed by atoms with Crippen LogP contribution >= 0.6 is 11.3 Å². The van der Waals surface area contributed by atoms with Gasteiger partial charge in [-0.15, -0.1) is 11.3 Å². The second-order valence-corrected chi connectivity index (χ2v) is 7.50. The van der Waals surface area contributed by atoms with Crippen molar-refractivity contribution in [1.82, 2.24) is 15.1 Å². The van der Waals surface area contributed by atoms with Crippen molar-refractivity contribution in [3.05, 3.63) is 46.7 Å². The summed E-state index contributed by atoms with van der Waals surface area (Å²) in [6.07, 6.45) is 0. The second kappa shape index (κ2) is 10.0. The summed E-state index contributed by atoms with van der Waals surface area (Å²) >= 11 is 1.45. The number of hydrogen-bond acceptors (Lipinski definition) is 6. The minimum atomic E-state index is -0.707. The van der Waals surface area contributed by atoms with E-state index in [2.05, 4.69) is 15.5 Å². The van der Waals surface area contributed by atoms with Crippen molar-refractivity contribution in [2.24, 2.45) is 0 Å². The average molecular weight is 417 g/mol. The number of anilines is 1. The molecule has 0 aliphatic carbocycles. The molecule has 1 aliphatic rings. The van der Waals surface area contributed by atoms with Crippen LogP contribution in [0.15, 0.2) is 41.8 Å². The van der Waals surface area contributed by atoms with Crippen molar-refractivity contribution in [1.29, 1.82) is 0 Å². The van der Waals surface area contributed by atoms with E-state index in [4.69, 9.17) is 4.74 Å². The van der Waals surface area contributed by atoms with E-state index in [9.17, 15) is 14.4 Å². The number of piperazine rings is 1. The number of benzene rings is 1. The summed E-state index contributed by atoms with van der Waals surface area (Å²) < 4.78 is 5.05. The molecule has 0 bridgehead atoms. The highest BCUT2D eigenvalue weighted by Crippen LogP contribution is 2.15. The molecule has 0 spiro atoms. The molecule has 1 aromatic carbocycles. The predicted octanol–water partition coefficient (Wildman–Crippen LogP) is 1.27. The number of carbonyl (C=O) groups is 3. The Hall–Kier alpha value is -2.91. The van der Waals surface area contributed by atoms with Crippen LogP contribution in [0.4, 0.5) is 5.69 Å². The summed E-state index contributed by atoms with van der Waals surface area (Å²) in [5.74, 6) is -0.637. The highest BCUT2D eigenvalue weighted by Gasteiger charge is 2.22. The molecule has 3 rings (SSSR count). The fourth-order valence-electron chi connectivity index (χ4n) is 3.00. The number of thiophene rings is 1. The van der Waals surface area contributed by atoms with E-state index < -0.39 is 11.8 Å². The SMILES string of the molecule is COc1ccc(NC(=O)C(=O)NCCN2CCN(C(=O)c3cccs3)CC2)cc1. The Kier molecular flexibility index (Phi) is 7.20. The van der Waals surface area contributed by atoms with Crippen LogP contribution in [0.3, 0.4) is 0 Å². The highest BCUT2D eigenvalue weighted by atomic mass is 32.1. The van der Waals surface area contributed by atoms with Crippen LogP contribution in [-0.2, 0) is 9.59 Å². The van der Waals surface area contributed by atoms with E-state index in [0.717, 1.165) is 18.0 Å². The van der Waals surface area contributed by atoms with Gasteiger partial charge in [-0.1, -0.05) is 6.07 Å². The van der Waals surface area contributed by atoms with Crippen molar-refractivity contribution >= 4 is 34.7 Å². The normalized spacial score (nSPS) is 14.3. The molecule has 2 heterocycles. The number of carbonyl (C=O) groups excluding carboxylic acids is 3. The van der Waals surface area contributed by atoms with E-state index in [1.54, 1.807) is 31.4 Å². The quantitative estimate of drug-likeness (QED) is 0.692. The van der Waals surface area contributed by atoms with Crippen LogP contribution in [0, 0.1) is 0 Å². The van der Waals surface area contributed by atoms with Crippen LogP contribution < -0.4 is 15.4 Å². The Morgan fingerprint density at radius 3 is 2.38 bits per heavy atom. The molecule has 154 valence electrons. The maximum absolute atomic E-state index is 12.3. The molecule has 2 N–H and O–H groups in total. The predicted molar refractivity (Wildman–Crippen MR) is 111 cm³/mol. The van der Waals surface area contributed by atoms with Crippen LogP contribution in [0.5, 0.6) is 5.75 Å². The Labute approximate surface area is 173 Å². The summed E-state index contributed by atoms with van der Waals surface area (Å²) in [5, 5.41) is 7.08. The van der Waals surface area contributed by atoms with Gasteiger partial charge in [-0.2, -0.15) is 0 Å². The minimum absolute atomic E-state index is 0.0724. The molecular weight excluding hydrogens is 392 g/mol. The van der Waals surface area contributed by atoms with E-state index >= 15 is 0 Å². The zero-order chi connectivity index (χ0) is 20.6. The van der Waals surface area contributed by atoms with Gasteiger partial charge in [-0.25, -0.2) is 0 Å². The topological polar surface area (TPSA) is 91.0 Å². The zero-order valence-electron chi connectivity index (χ0n) is 16.2. The molecule has 0 saturated carbocycles. The second-order valence-electron chi connectivity index (χ2n) is 6.55. The van der Waals surface area contributed by atoms with E-state index in [1.807, 2.05) is 22.4 Å². The lowest BCUT2D eigenvalue weighted by Gasteiger charge is -2.34. The fraction of sp³-hybridized carbons (Fsp3) is 0.350. The third-order valence-corrected chi connectivity index (χ3v) is 5.52. The number of rotatable bonds is 6. The number of methoxy groups -OCH3 is 1. The molecule has 2 aromatic rings. The smallest absolute Gasteiger partial charge is 0.313 e. The van der Waals surface area contributed by atoms with Crippen LogP contribution in [0.2, 0.25) is 0 Å². The van der Waals surface area contributed by atoms with Crippen molar-refractivity contribution in [3.8, 4) is 5.75 Å². The largest absolute Gasteiger partial charge is 0.497 e. The first kappa shape index (κ1) is 20.8. The monoisotopic (exact) mass is 416 g/mol. The van der Waals surface area contributed by atoms with Gasteiger partial charge in [0.2, 0.25) is 0 Å². The Bertz CT molecular complexity index is 831. The van der Waals surface area contributed by atoms with Gasteiger partial charge >= 0.3 is 11.8 Å². The standard InChI is InChI=1S/C20H24N4O4S/c1-28-16-6-4-15(5-7-16)22-19(26)18(25)21-8-9-23-10-12-24(13-11-23)20(27)17-3-2-14-29-17/h2-7,14H,8-13H2,1H3,(H,21,25)(H,22,26). The molecule has 1 aliphatic heterocycles. The molecule has 1 saturated heterocycles. The van der Waals surface area contributed by atoms with Gasteiger partial charge in [-0.3, -0.25) is 19.3 Å². The summed E-state index contributed by atoms with van der Waals surface area (Å²) in [5.41, 5.74) is 0.525. The van der Waals surface area contributed by atoms with Crippen molar-refractivity contribution < 1.29 is 19.1 Å². The van der Waals surface area contributed by atoms with Gasteiger partial charge in [0.05, 0.1) is 12.0 Å². The molecule has 0 unspecified atom stereocenters. The number of ether oxygens (including phenoxy) is 1. The first-order valence-electron chi connectivity index (χ1n) is 9.35. The van der Waals surface area contributed by atoms with Gasteiger partial charge < -0.3 is 20.3 Å². The molecule has 9 heteroatoms. The number of nitrogens with one attached hydrogen (secondary N) is 2. The summed E-state index contributed by atoms with van der Waals surface area (Å²) in [6, 6.07) is 10.5. The Morgan fingerprint density at radius 1 is 1.03 bits per heavy atom. The maximum Gasteiger partial charge on any atom is 0.313 e. The zero-order valence-corrected chi connectivity index (χ0v) is 17.0. The number of nitrogens with zero attached hydrogens (tertiary/aromatic N) is 2. The Balaban J connectivity index is 1.35. The van der Waals surface area contributed by atoms with Crippen LogP contribution in [-0.4, -0.2) is 73.9 Å². The third-order valence-electron chi connectivity index (χ3n) is 4.66. The highest BCUT2D eigenvalue weighted by molar-refractivity contribution is 7.12. The van der Waals surface area contributed by atoms with Gasteiger partial charge in [0.25, 0.3) is 5.91 Å². The van der Waals surface area contributed by atoms with Crippen LogP contribution in [0.1, 0.15) is 9.67 Å². The first-order chi connectivity index (χ1) is 14.1. The average Bonchev–Trinajstić information content (AvgIpc) is 3.29. The lowest BCUT2D eigenvalue weighted by molar-refractivity contribution is -0.136. The van der Waals surface area contributed by atoms with Gasteiger partial charge in [-0.05, 0) is 35.7 Å². The Morgan fingerprint density at radius 2 is 1.76 bits per heavy atom. The summed E-state index contributed by atoms with van der Waals surface area (Å²) in [6.45, 7) is 3.79. The molecule has 1 fully saturated rings. The van der Waals surface area contributed by atoms with Crippen molar-refractivity contribution in [2.45, 2.75) is 0 Å². The maximum atomic E-state index is 12.3. The van der Waals surface area contributed by atoms with E-state index in [1.165, 1.54) is 11.3 Å². The lowest BCUT2D eigenvalue weighted by atomic mass is 10.3. The minimum Gasteiger partial charge on any atom is -0.497 e. The summed E-state index contributed by atoms with van der Waals surface area (Å²) in [7, 11) is 1.56. The fourth-order valence-corrected chi connectivity index (χ4v) is 3.69. The van der Waals surface area contributed by atoms with Gasteiger partial charge in [0.15, 0.2) is 0 Å². The first-order valence-corrected chi connectivity index (χ1v) is 10.2. The molecular formula is C20H24N4O4S. The van der Waals surface area contributed by atoms with E-state index in [0.29, 0.717) is 37.6 Å². The van der Waals surface area contributed by atoms with Crippen molar-refractivity contribution in [3.63, 3.8) is 0 Å². The molecule has 29 heavy (non-hydrogen) atoms. The summed E-state index contributed by atoms with van der Waals surface area (Å²) in [4.78, 5) is 41.1. The van der Waals surface area contributed by atoms with Gasteiger partial charge in [0, 0.05) is 45.0 Å². The van der Waals surface area contributed by atoms with E-state index in [-0.39, 0.29) is 5.91 Å². The molecule has 1 aromatic heterocycles. The molecule has 8 nitrogen and oxygen atoms in total. The lowest BCUT2D eigenvalue weighted by Crippen LogP contribution is -2.50. The van der Waals surface area contributed by atoms with Gasteiger partial charge in [0.1, 0.15) is 5.75 Å². The number of amides is 3. The third kappa shape index (κ3) is 5.78. The van der Waals surface area contributed by atoms with Crippen LogP contribution in [0.25, 0.3) is 0 Å².